The summed E-state index contributed by atoms with van der Waals surface area (Å²) in [4.78, 5) is 0. The molecule has 2 rings (SSSR count). The van der Waals surface area contributed by atoms with Gasteiger partial charge in [0.05, 0.1) is 10.0 Å². The first-order valence-electron chi connectivity index (χ1n) is 5.56. The van der Waals surface area contributed by atoms with Gasteiger partial charge >= 0.3 is 0 Å². The van der Waals surface area contributed by atoms with Crippen LogP contribution >= 0.6 is 15.9 Å². The maximum absolute atomic E-state index is 14.0. The molecule has 0 aliphatic carbocycles. The fraction of sp³-hybridized carbons (Fsp3) is 0.143. The maximum atomic E-state index is 14.0. The Morgan fingerprint density at radius 3 is 2.10 bits per heavy atom. The van der Waals surface area contributed by atoms with Crippen molar-refractivity contribution in [3.8, 4) is 0 Å². The van der Waals surface area contributed by atoms with Crippen molar-refractivity contribution in [1.82, 2.24) is 0 Å². The Morgan fingerprint density at radius 1 is 1.00 bits per heavy atom. The molecule has 0 aromatic heterocycles. The van der Waals surface area contributed by atoms with E-state index in [0.29, 0.717) is 6.07 Å². The average Bonchev–Trinajstić information content (AvgIpc) is 2.33. The van der Waals surface area contributed by atoms with Gasteiger partial charge in [-0.2, -0.15) is 0 Å². The standard InChI is InChI=1S/C14H9BrF4O/c1-14(20,7-4-8(16)6-9(17)5-7)12-11(18)3-2-10(15)13(12)19/h2-6,20H,1H3. The van der Waals surface area contributed by atoms with Crippen molar-refractivity contribution < 1.29 is 22.7 Å². The van der Waals surface area contributed by atoms with E-state index in [1.54, 1.807) is 0 Å². The lowest BCUT2D eigenvalue weighted by atomic mass is 9.87. The molecular formula is C14H9BrF4O. The molecule has 0 aliphatic rings. The summed E-state index contributed by atoms with van der Waals surface area (Å²) >= 11 is 2.87. The molecule has 0 heterocycles. The minimum Gasteiger partial charge on any atom is -0.380 e. The van der Waals surface area contributed by atoms with Gasteiger partial charge in [-0.3, -0.25) is 0 Å². The van der Waals surface area contributed by atoms with Gasteiger partial charge in [0, 0.05) is 6.07 Å². The van der Waals surface area contributed by atoms with E-state index in [2.05, 4.69) is 15.9 Å². The lowest BCUT2D eigenvalue weighted by Gasteiger charge is -2.26. The Hall–Kier alpha value is -1.40. The van der Waals surface area contributed by atoms with Gasteiger partial charge in [-0.25, -0.2) is 17.6 Å². The third-order valence-corrected chi connectivity index (χ3v) is 3.57. The smallest absolute Gasteiger partial charge is 0.146 e. The zero-order chi connectivity index (χ0) is 15.1. The van der Waals surface area contributed by atoms with Crippen LogP contribution in [-0.2, 0) is 5.60 Å². The number of benzene rings is 2. The van der Waals surface area contributed by atoms with Crippen molar-refractivity contribution in [1.29, 1.82) is 0 Å². The molecule has 0 aliphatic heterocycles. The topological polar surface area (TPSA) is 20.2 Å². The van der Waals surface area contributed by atoms with Crippen molar-refractivity contribution in [2.45, 2.75) is 12.5 Å². The quantitative estimate of drug-likeness (QED) is 0.635. The summed E-state index contributed by atoms with van der Waals surface area (Å²) in [5.74, 6) is -3.94. The van der Waals surface area contributed by atoms with Crippen molar-refractivity contribution in [3.05, 3.63) is 69.2 Å². The van der Waals surface area contributed by atoms with Crippen LogP contribution in [0.1, 0.15) is 18.1 Å². The first-order valence-corrected chi connectivity index (χ1v) is 6.35. The summed E-state index contributed by atoms with van der Waals surface area (Å²) in [5, 5.41) is 10.4. The van der Waals surface area contributed by atoms with Crippen LogP contribution in [0.5, 0.6) is 0 Å². The maximum Gasteiger partial charge on any atom is 0.146 e. The number of hydrogen-bond acceptors (Lipinski definition) is 1. The number of aliphatic hydroxyl groups is 1. The van der Waals surface area contributed by atoms with Crippen molar-refractivity contribution >= 4 is 15.9 Å². The molecule has 0 bridgehead atoms. The highest BCUT2D eigenvalue weighted by Crippen LogP contribution is 2.35. The van der Waals surface area contributed by atoms with Crippen LogP contribution in [0.3, 0.4) is 0 Å². The zero-order valence-corrected chi connectivity index (χ0v) is 11.8. The molecular weight excluding hydrogens is 340 g/mol. The fourth-order valence-corrected chi connectivity index (χ4v) is 2.28. The van der Waals surface area contributed by atoms with Gasteiger partial charge in [-0.1, -0.05) is 0 Å². The SMILES string of the molecule is CC(O)(c1cc(F)cc(F)c1)c1c(F)ccc(Br)c1F. The third-order valence-electron chi connectivity index (χ3n) is 2.96. The predicted octanol–water partition coefficient (Wildman–Crippen LogP) is 4.26. The first-order chi connectivity index (χ1) is 9.23. The van der Waals surface area contributed by atoms with Crippen LogP contribution < -0.4 is 0 Å². The zero-order valence-electron chi connectivity index (χ0n) is 10.2. The molecule has 2 aromatic rings. The first kappa shape index (κ1) is 15.0. The number of halogens is 5. The van der Waals surface area contributed by atoms with E-state index in [0.717, 1.165) is 31.2 Å². The molecule has 0 radical (unpaired) electrons. The fourth-order valence-electron chi connectivity index (χ4n) is 1.95. The molecule has 1 unspecified atom stereocenters. The minimum atomic E-state index is -2.22. The third kappa shape index (κ3) is 2.58. The van der Waals surface area contributed by atoms with Crippen molar-refractivity contribution in [3.63, 3.8) is 0 Å². The van der Waals surface area contributed by atoms with Gasteiger partial charge < -0.3 is 5.11 Å². The van der Waals surface area contributed by atoms with Crippen LogP contribution in [-0.4, -0.2) is 5.11 Å². The van der Waals surface area contributed by atoms with Gasteiger partial charge in [0.2, 0.25) is 0 Å². The van der Waals surface area contributed by atoms with E-state index in [1.165, 1.54) is 0 Å². The number of hydrogen-bond donors (Lipinski definition) is 1. The average molecular weight is 349 g/mol. The predicted molar refractivity (Wildman–Crippen MR) is 69.1 cm³/mol. The summed E-state index contributed by atoms with van der Waals surface area (Å²) in [6.07, 6.45) is 0. The van der Waals surface area contributed by atoms with E-state index in [1.807, 2.05) is 0 Å². The van der Waals surface area contributed by atoms with Crippen LogP contribution in [0.25, 0.3) is 0 Å². The molecule has 20 heavy (non-hydrogen) atoms. The monoisotopic (exact) mass is 348 g/mol. The highest BCUT2D eigenvalue weighted by molar-refractivity contribution is 9.10. The molecule has 106 valence electrons. The van der Waals surface area contributed by atoms with Crippen LogP contribution in [0.4, 0.5) is 17.6 Å². The second-order valence-corrected chi connectivity index (χ2v) is 5.30. The van der Waals surface area contributed by atoms with E-state index in [-0.39, 0.29) is 10.0 Å². The highest BCUT2D eigenvalue weighted by atomic mass is 79.9. The molecule has 0 amide bonds. The molecule has 6 heteroatoms. The Morgan fingerprint density at radius 2 is 1.55 bits per heavy atom. The van der Waals surface area contributed by atoms with Crippen molar-refractivity contribution in [2.75, 3.05) is 0 Å². The molecule has 0 saturated heterocycles. The highest BCUT2D eigenvalue weighted by Gasteiger charge is 2.34. The normalized spacial score (nSPS) is 14.2. The second-order valence-electron chi connectivity index (χ2n) is 4.45. The molecule has 2 aromatic carbocycles. The Labute approximate surface area is 121 Å². The van der Waals surface area contributed by atoms with Crippen LogP contribution in [0.15, 0.2) is 34.8 Å². The summed E-state index contributed by atoms with van der Waals surface area (Å²) in [5.41, 5.74) is -3.19. The molecule has 1 N–H and O–H groups in total. The lowest BCUT2D eigenvalue weighted by molar-refractivity contribution is 0.0924. The van der Waals surface area contributed by atoms with Gasteiger partial charge in [-0.05, 0) is 52.7 Å². The van der Waals surface area contributed by atoms with Gasteiger partial charge in [-0.15, -0.1) is 0 Å². The summed E-state index contributed by atoms with van der Waals surface area (Å²) in [6.45, 7) is 1.06. The van der Waals surface area contributed by atoms with Crippen molar-refractivity contribution in [2.24, 2.45) is 0 Å². The van der Waals surface area contributed by atoms with Crippen LogP contribution in [0, 0.1) is 23.3 Å². The Balaban J connectivity index is 2.69. The number of rotatable bonds is 2. The molecule has 1 nitrogen and oxygen atoms in total. The second kappa shape index (κ2) is 5.18. The van der Waals surface area contributed by atoms with Gasteiger partial charge in [0.25, 0.3) is 0 Å². The largest absolute Gasteiger partial charge is 0.380 e. The lowest BCUT2D eigenvalue weighted by Crippen LogP contribution is -2.26. The van der Waals surface area contributed by atoms with E-state index in [4.69, 9.17) is 0 Å². The summed E-state index contributed by atoms with van der Waals surface area (Å²) in [6, 6.07) is 4.34. The summed E-state index contributed by atoms with van der Waals surface area (Å²) < 4.78 is 54.2. The van der Waals surface area contributed by atoms with Gasteiger partial charge in [0.1, 0.15) is 28.9 Å². The summed E-state index contributed by atoms with van der Waals surface area (Å²) in [7, 11) is 0. The van der Waals surface area contributed by atoms with Crippen LogP contribution in [0.2, 0.25) is 0 Å². The molecule has 0 fully saturated rings. The molecule has 1 atom stereocenters. The van der Waals surface area contributed by atoms with E-state index < -0.39 is 34.4 Å². The molecule has 0 spiro atoms. The van der Waals surface area contributed by atoms with E-state index in [9.17, 15) is 22.7 Å². The van der Waals surface area contributed by atoms with E-state index >= 15 is 0 Å². The molecule has 0 saturated carbocycles. The Bertz CT molecular complexity index is 650. The Kier molecular flexibility index (Phi) is 3.88. The van der Waals surface area contributed by atoms with Gasteiger partial charge in [0.15, 0.2) is 0 Å². The minimum absolute atomic E-state index is 0.0638.